The van der Waals surface area contributed by atoms with Crippen molar-refractivity contribution in [2.24, 2.45) is 0 Å². The first kappa shape index (κ1) is 33.3. The lowest BCUT2D eigenvalue weighted by Crippen LogP contribution is -2.47. The molecular weight excluding hydrogens is 637 g/mol. The first-order valence-corrected chi connectivity index (χ1v) is 15.2. The van der Waals surface area contributed by atoms with E-state index >= 15 is 0 Å². The number of alkyl carbamates (subject to hydrolysis) is 1. The monoisotopic (exact) mass is 668 g/mol. The van der Waals surface area contributed by atoms with Crippen LogP contribution in [0.25, 0.3) is 22.9 Å². The van der Waals surface area contributed by atoms with Crippen molar-refractivity contribution in [1.82, 2.24) is 30.4 Å². The summed E-state index contributed by atoms with van der Waals surface area (Å²) >= 11 is 0.809. The highest BCUT2D eigenvalue weighted by atomic mass is 32.1. The number of amides is 2. The summed E-state index contributed by atoms with van der Waals surface area (Å²) in [5, 5.41) is 12.4. The summed E-state index contributed by atoms with van der Waals surface area (Å²) in [4.78, 5) is 35.5. The van der Waals surface area contributed by atoms with Crippen LogP contribution >= 0.6 is 11.3 Å². The summed E-state index contributed by atoms with van der Waals surface area (Å²) in [5.74, 6) is -0.190. The fourth-order valence-corrected chi connectivity index (χ4v) is 5.50. The molecule has 0 saturated carbocycles. The third-order valence-corrected chi connectivity index (χ3v) is 7.58. The molecule has 5 aromatic rings. The zero-order chi connectivity index (χ0) is 34.0. The number of benzene rings is 2. The molecular formula is C32H31F3N6O5S. The SMILES string of the molecule is CN(Cc1nc(C(F)(F)F)cs1)C(=O)c1cc(-c2ncco2)cc(-c2nnc(C(C)(Cc3ccccc3)NC(=O)OC(C)(C)C)o2)c1. The van der Waals surface area contributed by atoms with Crippen LogP contribution in [0.2, 0.25) is 0 Å². The number of halogens is 3. The van der Waals surface area contributed by atoms with Gasteiger partial charge in [0.25, 0.3) is 5.91 Å². The van der Waals surface area contributed by atoms with Crippen LogP contribution in [0.3, 0.4) is 0 Å². The van der Waals surface area contributed by atoms with Gasteiger partial charge >= 0.3 is 12.3 Å². The fourth-order valence-electron chi connectivity index (χ4n) is 4.64. The van der Waals surface area contributed by atoms with E-state index in [1.165, 1.54) is 36.5 Å². The highest BCUT2D eigenvalue weighted by molar-refractivity contribution is 7.09. The zero-order valence-corrected chi connectivity index (χ0v) is 26.9. The Morgan fingerprint density at radius 1 is 1.00 bits per heavy atom. The molecule has 0 spiro atoms. The topological polar surface area (TPSA) is 136 Å². The van der Waals surface area contributed by atoms with E-state index in [4.69, 9.17) is 13.6 Å². The molecule has 15 heteroatoms. The number of carbonyl (C=O) groups is 2. The second kappa shape index (κ2) is 13.0. The Kier molecular flexibility index (Phi) is 9.20. The number of alkyl halides is 3. The van der Waals surface area contributed by atoms with Crippen molar-refractivity contribution in [1.29, 1.82) is 0 Å². The Morgan fingerprint density at radius 3 is 2.32 bits per heavy atom. The maximum atomic E-state index is 13.6. The predicted molar refractivity (Wildman–Crippen MR) is 165 cm³/mol. The third kappa shape index (κ3) is 8.22. The molecule has 1 unspecified atom stereocenters. The summed E-state index contributed by atoms with van der Waals surface area (Å²) in [7, 11) is 1.46. The summed E-state index contributed by atoms with van der Waals surface area (Å²) < 4.78 is 56.3. The molecule has 0 bridgehead atoms. The van der Waals surface area contributed by atoms with Gasteiger partial charge in [-0.1, -0.05) is 30.3 Å². The zero-order valence-electron chi connectivity index (χ0n) is 26.1. The molecule has 0 aliphatic carbocycles. The summed E-state index contributed by atoms with van der Waals surface area (Å²) in [6, 6.07) is 14.1. The van der Waals surface area contributed by atoms with Gasteiger partial charge in [-0.25, -0.2) is 14.8 Å². The van der Waals surface area contributed by atoms with Crippen molar-refractivity contribution in [2.75, 3.05) is 7.05 Å². The van der Waals surface area contributed by atoms with Gasteiger partial charge in [-0.2, -0.15) is 13.2 Å². The van der Waals surface area contributed by atoms with Crippen molar-refractivity contribution in [3.63, 3.8) is 0 Å². The number of aromatic nitrogens is 4. The van der Waals surface area contributed by atoms with Crippen LogP contribution in [-0.2, 0) is 29.4 Å². The van der Waals surface area contributed by atoms with Crippen LogP contribution in [0, 0.1) is 0 Å². The van der Waals surface area contributed by atoms with Gasteiger partial charge in [0.1, 0.15) is 22.4 Å². The molecule has 0 fully saturated rings. The van der Waals surface area contributed by atoms with Crippen LogP contribution in [0.1, 0.15) is 60.2 Å². The van der Waals surface area contributed by atoms with Gasteiger partial charge in [0.2, 0.25) is 17.7 Å². The van der Waals surface area contributed by atoms with Gasteiger partial charge in [-0.15, -0.1) is 21.5 Å². The van der Waals surface area contributed by atoms with Crippen LogP contribution in [0.5, 0.6) is 0 Å². The second-order valence-corrected chi connectivity index (χ2v) is 12.9. The van der Waals surface area contributed by atoms with E-state index in [9.17, 15) is 22.8 Å². The van der Waals surface area contributed by atoms with Gasteiger partial charge in [0, 0.05) is 35.5 Å². The van der Waals surface area contributed by atoms with Gasteiger partial charge < -0.3 is 23.8 Å². The Labute approximate surface area is 271 Å². The number of oxazole rings is 1. The van der Waals surface area contributed by atoms with Crippen LogP contribution < -0.4 is 5.32 Å². The number of ether oxygens (including phenoxy) is 1. The number of nitrogens with one attached hydrogen (secondary N) is 1. The largest absolute Gasteiger partial charge is 0.445 e. The van der Waals surface area contributed by atoms with Gasteiger partial charge in [-0.3, -0.25) is 4.79 Å². The lowest BCUT2D eigenvalue weighted by molar-refractivity contribution is -0.140. The van der Waals surface area contributed by atoms with Gasteiger partial charge in [-0.05, 0) is 51.5 Å². The lowest BCUT2D eigenvalue weighted by Gasteiger charge is -2.29. The molecule has 0 aliphatic rings. The molecule has 2 aromatic carbocycles. The summed E-state index contributed by atoms with van der Waals surface area (Å²) in [5.41, 5.74) is -1.18. The molecule has 246 valence electrons. The molecule has 0 aliphatic heterocycles. The van der Waals surface area contributed by atoms with E-state index in [1.54, 1.807) is 33.8 Å². The first-order valence-electron chi connectivity index (χ1n) is 14.3. The van der Waals surface area contributed by atoms with Crippen molar-refractivity contribution in [2.45, 2.75) is 58.0 Å². The first-order chi connectivity index (χ1) is 22.1. The number of thiazole rings is 1. The van der Waals surface area contributed by atoms with Gasteiger partial charge in [0.15, 0.2) is 5.69 Å². The number of rotatable bonds is 9. The molecule has 11 nitrogen and oxygen atoms in total. The maximum Gasteiger partial charge on any atom is 0.434 e. The van der Waals surface area contributed by atoms with E-state index in [0.717, 1.165) is 22.3 Å². The standard InChI is InChI=1S/C32H31F3N6O5S/c1-30(2,3)46-29(43)38-31(4,16-19-9-7-6-8-10-19)28-40-39-26(45-28)21-13-20(25-36-11-12-44-25)14-22(15-21)27(42)41(5)17-24-37-23(18-47-24)32(33,34)35/h6-15,18H,16-17H2,1-5H3,(H,38,43). The molecule has 5 rings (SSSR count). The molecule has 3 heterocycles. The van der Waals surface area contributed by atoms with Crippen molar-refractivity contribution in [3.05, 3.63) is 94.1 Å². The van der Waals surface area contributed by atoms with E-state index < -0.39 is 35.0 Å². The average Bonchev–Trinajstić information content (AvgIpc) is 3.78. The van der Waals surface area contributed by atoms with Gasteiger partial charge in [0.05, 0.1) is 12.7 Å². The van der Waals surface area contributed by atoms with Crippen LogP contribution in [-0.4, -0.2) is 49.7 Å². The minimum atomic E-state index is -4.58. The Hall–Kier alpha value is -5.05. The average molecular weight is 669 g/mol. The minimum absolute atomic E-state index is 0.0325. The van der Waals surface area contributed by atoms with Crippen LogP contribution in [0.15, 0.2) is 75.2 Å². The molecule has 0 radical (unpaired) electrons. The molecule has 2 amide bonds. The van der Waals surface area contributed by atoms with E-state index in [-0.39, 0.29) is 41.2 Å². The quantitative estimate of drug-likeness (QED) is 0.174. The third-order valence-electron chi connectivity index (χ3n) is 6.74. The molecule has 3 aromatic heterocycles. The summed E-state index contributed by atoms with van der Waals surface area (Å²) in [6.07, 6.45) is -2.16. The molecule has 1 N–H and O–H groups in total. The number of carbonyl (C=O) groups excluding carboxylic acids is 2. The fraction of sp³-hybridized carbons (Fsp3) is 0.312. The Bertz CT molecular complexity index is 1850. The molecule has 0 saturated heterocycles. The highest BCUT2D eigenvalue weighted by Crippen LogP contribution is 2.33. The van der Waals surface area contributed by atoms with Crippen molar-refractivity contribution >= 4 is 23.3 Å². The lowest BCUT2D eigenvalue weighted by atomic mass is 9.92. The summed E-state index contributed by atoms with van der Waals surface area (Å²) in [6.45, 7) is 6.83. The predicted octanol–water partition coefficient (Wildman–Crippen LogP) is 7.12. The smallest absolute Gasteiger partial charge is 0.434 e. The van der Waals surface area contributed by atoms with Crippen molar-refractivity contribution < 1.29 is 36.3 Å². The van der Waals surface area contributed by atoms with Crippen LogP contribution in [0.4, 0.5) is 18.0 Å². The Morgan fingerprint density at radius 2 is 1.70 bits per heavy atom. The second-order valence-electron chi connectivity index (χ2n) is 12.0. The maximum absolute atomic E-state index is 13.6. The number of hydrogen-bond donors (Lipinski definition) is 1. The highest BCUT2D eigenvalue weighted by Gasteiger charge is 2.37. The Balaban J connectivity index is 1.48. The molecule has 1 atom stereocenters. The number of hydrogen-bond acceptors (Lipinski definition) is 10. The van der Waals surface area contributed by atoms with E-state index in [0.29, 0.717) is 11.1 Å². The van der Waals surface area contributed by atoms with E-state index in [1.807, 2.05) is 30.3 Å². The molecule has 47 heavy (non-hydrogen) atoms. The normalized spacial score (nSPS) is 13.2. The number of nitrogens with zero attached hydrogens (tertiary/aromatic N) is 5. The van der Waals surface area contributed by atoms with E-state index in [2.05, 4.69) is 25.5 Å². The van der Waals surface area contributed by atoms with Crippen molar-refractivity contribution in [3.8, 4) is 22.9 Å². The minimum Gasteiger partial charge on any atom is -0.445 e.